The lowest BCUT2D eigenvalue weighted by Crippen LogP contribution is -2.52. The summed E-state index contributed by atoms with van der Waals surface area (Å²) in [7, 11) is 0. The summed E-state index contributed by atoms with van der Waals surface area (Å²) in [6.07, 6.45) is 2.64. The summed E-state index contributed by atoms with van der Waals surface area (Å²) in [4.78, 5) is 34.3. The number of furan rings is 1. The predicted octanol–water partition coefficient (Wildman–Crippen LogP) is 3.96. The van der Waals surface area contributed by atoms with Crippen LogP contribution in [-0.4, -0.2) is 34.3 Å². The highest BCUT2D eigenvalue weighted by Gasteiger charge is 2.38. The number of fused-ring (bicyclic) bond motifs is 1. The van der Waals surface area contributed by atoms with Gasteiger partial charge in [-0.1, -0.05) is 26.0 Å². The lowest BCUT2D eigenvalue weighted by molar-refractivity contribution is -0.135. The summed E-state index contributed by atoms with van der Waals surface area (Å²) in [6.45, 7) is 6.33. The fraction of sp³-hybridized carbons (Fsp3) is 0.320. The van der Waals surface area contributed by atoms with Crippen molar-refractivity contribution >= 4 is 17.5 Å². The maximum Gasteiger partial charge on any atom is 0.268 e. The zero-order valence-corrected chi connectivity index (χ0v) is 18.5. The van der Waals surface area contributed by atoms with Gasteiger partial charge in [0.2, 0.25) is 5.91 Å². The normalized spacial score (nSPS) is 15.4. The molecule has 0 aliphatic carbocycles. The van der Waals surface area contributed by atoms with E-state index in [1.54, 1.807) is 28.3 Å². The molecule has 0 fully saturated rings. The molecule has 0 saturated heterocycles. The average molecular weight is 434 g/mol. The quantitative estimate of drug-likeness (QED) is 0.564. The minimum Gasteiger partial charge on any atom is -0.478 e. The van der Waals surface area contributed by atoms with Gasteiger partial charge in [0, 0.05) is 6.20 Å². The smallest absolute Gasteiger partial charge is 0.268 e. The van der Waals surface area contributed by atoms with Gasteiger partial charge in [0.05, 0.1) is 30.7 Å². The zero-order chi connectivity index (χ0) is 22.7. The zero-order valence-electron chi connectivity index (χ0n) is 18.5. The van der Waals surface area contributed by atoms with Gasteiger partial charge in [-0.25, -0.2) is 0 Å². The number of carbonyl (C=O) groups excluding carboxylic acids is 2. The van der Waals surface area contributed by atoms with Crippen molar-refractivity contribution in [3.8, 4) is 5.75 Å². The van der Waals surface area contributed by atoms with Gasteiger partial charge >= 0.3 is 0 Å². The second-order valence-electron chi connectivity index (χ2n) is 8.33. The molecule has 0 N–H and O–H groups in total. The molecule has 2 amide bonds. The highest BCUT2D eigenvalue weighted by molar-refractivity contribution is 6.04. The number of anilines is 1. The van der Waals surface area contributed by atoms with Crippen LogP contribution in [0.15, 0.2) is 65.4 Å². The van der Waals surface area contributed by atoms with Crippen molar-refractivity contribution in [2.75, 3.05) is 11.4 Å². The van der Waals surface area contributed by atoms with Crippen LogP contribution >= 0.6 is 0 Å². The van der Waals surface area contributed by atoms with E-state index in [0.717, 1.165) is 11.3 Å². The topological polar surface area (TPSA) is 75.9 Å². The Hall–Kier alpha value is -3.61. The van der Waals surface area contributed by atoms with Crippen molar-refractivity contribution in [2.24, 2.45) is 5.92 Å². The largest absolute Gasteiger partial charge is 0.478 e. The molecule has 1 aromatic carbocycles. The molecular formula is C25H27N3O4. The predicted molar refractivity (Wildman–Crippen MR) is 120 cm³/mol. The monoisotopic (exact) mass is 433 g/mol. The van der Waals surface area contributed by atoms with E-state index in [1.807, 2.05) is 63.2 Å². The molecule has 4 rings (SSSR count). The Bertz CT molecular complexity index is 1080. The number of aryl methyl sites for hydroxylation is 1. The Labute approximate surface area is 187 Å². The van der Waals surface area contributed by atoms with E-state index in [-0.39, 0.29) is 30.8 Å². The standard InChI is InChI=1S/C25H27N3O4/c1-17(2)24-25(30)28(21-13-18(3)9-10-22(21)32-24)16-23(29)27(15-20-8-6-12-31-20)14-19-7-4-5-11-26-19/h4-13,17,24H,14-16H2,1-3H3/t24-/m1/s1. The molecule has 32 heavy (non-hydrogen) atoms. The van der Waals surface area contributed by atoms with Gasteiger partial charge in [0.25, 0.3) is 5.91 Å². The fourth-order valence-corrected chi connectivity index (χ4v) is 3.73. The second-order valence-corrected chi connectivity index (χ2v) is 8.33. The van der Waals surface area contributed by atoms with Gasteiger partial charge in [-0.2, -0.15) is 0 Å². The molecular weight excluding hydrogens is 406 g/mol. The average Bonchev–Trinajstić information content (AvgIpc) is 3.29. The van der Waals surface area contributed by atoms with Crippen LogP contribution in [0.4, 0.5) is 5.69 Å². The molecule has 7 nitrogen and oxygen atoms in total. The van der Waals surface area contributed by atoms with E-state index in [9.17, 15) is 9.59 Å². The lowest BCUT2D eigenvalue weighted by atomic mass is 10.0. The van der Waals surface area contributed by atoms with E-state index < -0.39 is 6.10 Å². The van der Waals surface area contributed by atoms with Gasteiger partial charge in [-0.05, 0) is 54.8 Å². The summed E-state index contributed by atoms with van der Waals surface area (Å²) in [6, 6.07) is 14.9. The second kappa shape index (κ2) is 9.26. The summed E-state index contributed by atoms with van der Waals surface area (Å²) in [5.41, 5.74) is 2.37. The van der Waals surface area contributed by atoms with Crippen LogP contribution in [0.25, 0.3) is 0 Å². The number of benzene rings is 1. The molecule has 0 bridgehead atoms. The fourth-order valence-electron chi connectivity index (χ4n) is 3.73. The molecule has 1 aliphatic rings. The Morgan fingerprint density at radius 3 is 2.69 bits per heavy atom. The van der Waals surface area contributed by atoms with Crippen LogP contribution in [0.3, 0.4) is 0 Å². The van der Waals surface area contributed by atoms with Crippen molar-refractivity contribution in [1.29, 1.82) is 0 Å². The molecule has 2 aromatic heterocycles. The van der Waals surface area contributed by atoms with E-state index >= 15 is 0 Å². The first-order chi connectivity index (χ1) is 15.4. The third kappa shape index (κ3) is 4.66. The van der Waals surface area contributed by atoms with E-state index in [2.05, 4.69) is 4.98 Å². The van der Waals surface area contributed by atoms with Gasteiger partial charge in [-0.15, -0.1) is 0 Å². The summed E-state index contributed by atoms with van der Waals surface area (Å²) >= 11 is 0. The van der Waals surface area contributed by atoms with Gasteiger partial charge in [-0.3, -0.25) is 19.5 Å². The number of aromatic nitrogens is 1. The van der Waals surface area contributed by atoms with Crippen molar-refractivity contribution in [3.63, 3.8) is 0 Å². The summed E-state index contributed by atoms with van der Waals surface area (Å²) < 4.78 is 11.4. The SMILES string of the molecule is Cc1ccc2c(c1)N(CC(=O)N(Cc1ccccn1)Cc1ccco1)C(=O)[C@@H](C(C)C)O2. The number of rotatable bonds is 7. The van der Waals surface area contributed by atoms with E-state index in [1.165, 1.54) is 0 Å². The highest BCUT2D eigenvalue weighted by atomic mass is 16.5. The highest BCUT2D eigenvalue weighted by Crippen LogP contribution is 2.36. The molecule has 3 aromatic rings. The Balaban J connectivity index is 1.62. The Morgan fingerprint density at radius 1 is 1.16 bits per heavy atom. The first-order valence-corrected chi connectivity index (χ1v) is 10.7. The van der Waals surface area contributed by atoms with Crippen molar-refractivity contribution in [1.82, 2.24) is 9.88 Å². The van der Waals surface area contributed by atoms with Gasteiger partial charge in [0.1, 0.15) is 18.1 Å². The van der Waals surface area contributed by atoms with Crippen molar-refractivity contribution in [3.05, 3.63) is 78.0 Å². The molecule has 0 unspecified atom stereocenters. The minimum atomic E-state index is -0.632. The molecule has 166 valence electrons. The molecule has 1 atom stereocenters. The molecule has 0 spiro atoms. The summed E-state index contributed by atoms with van der Waals surface area (Å²) in [5.74, 6) is 0.852. The minimum absolute atomic E-state index is 0.0257. The first kappa shape index (κ1) is 21.6. The van der Waals surface area contributed by atoms with Crippen LogP contribution < -0.4 is 9.64 Å². The molecule has 1 aliphatic heterocycles. The van der Waals surface area contributed by atoms with Gasteiger partial charge in [0.15, 0.2) is 6.10 Å². The van der Waals surface area contributed by atoms with E-state index in [0.29, 0.717) is 23.7 Å². The number of pyridine rings is 1. The molecule has 0 saturated carbocycles. The van der Waals surface area contributed by atoms with Crippen LogP contribution in [-0.2, 0) is 22.7 Å². The third-order valence-corrected chi connectivity index (χ3v) is 5.43. The Morgan fingerprint density at radius 2 is 2.00 bits per heavy atom. The molecule has 3 heterocycles. The molecule has 0 radical (unpaired) electrons. The number of ether oxygens (including phenoxy) is 1. The maximum atomic E-state index is 13.5. The number of hydrogen-bond acceptors (Lipinski definition) is 5. The molecule has 7 heteroatoms. The third-order valence-electron chi connectivity index (χ3n) is 5.43. The number of nitrogens with zero attached hydrogens (tertiary/aromatic N) is 3. The summed E-state index contributed by atoms with van der Waals surface area (Å²) in [5, 5.41) is 0. The lowest BCUT2D eigenvalue weighted by Gasteiger charge is -2.36. The van der Waals surface area contributed by atoms with Crippen LogP contribution in [0.2, 0.25) is 0 Å². The van der Waals surface area contributed by atoms with E-state index in [4.69, 9.17) is 9.15 Å². The number of hydrogen-bond donors (Lipinski definition) is 0. The number of amides is 2. The number of carbonyl (C=O) groups is 2. The van der Waals surface area contributed by atoms with Crippen LogP contribution in [0, 0.1) is 12.8 Å². The first-order valence-electron chi connectivity index (χ1n) is 10.7. The van der Waals surface area contributed by atoms with Gasteiger partial charge < -0.3 is 14.1 Å². The van der Waals surface area contributed by atoms with Crippen LogP contribution in [0.1, 0.15) is 30.9 Å². The maximum absolute atomic E-state index is 13.5. The van der Waals surface area contributed by atoms with Crippen molar-refractivity contribution < 1.29 is 18.7 Å². The Kier molecular flexibility index (Phi) is 6.25. The van der Waals surface area contributed by atoms with Crippen molar-refractivity contribution in [2.45, 2.75) is 40.0 Å². The van der Waals surface area contributed by atoms with Crippen LogP contribution in [0.5, 0.6) is 5.75 Å².